The minimum Gasteiger partial charge on any atom is -0.313 e. The van der Waals surface area contributed by atoms with Gasteiger partial charge in [0.25, 0.3) is 0 Å². The van der Waals surface area contributed by atoms with Gasteiger partial charge in [0.1, 0.15) is 0 Å². The lowest BCUT2D eigenvalue weighted by Crippen LogP contribution is -2.17. The van der Waals surface area contributed by atoms with Gasteiger partial charge in [-0.05, 0) is 53.4 Å². The molecular weight excluding hydrogens is 286 g/mol. The fraction of sp³-hybridized carbons (Fsp3) is 0.538. The van der Waals surface area contributed by atoms with E-state index in [4.69, 9.17) is 11.6 Å². The monoisotopic (exact) mass is 301 g/mol. The Labute approximate surface area is 111 Å². The minimum atomic E-state index is 0.380. The molecule has 0 saturated heterocycles. The summed E-state index contributed by atoms with van der Waals surface area (Å²) in [5.74, 6) is 0.974. The van der Waals surface area contributed by atoms with Crippen LogP contribution in [0.4, 0.5) is 0 Å². The molecule has 0 amide bonds. The molecule has 1 aromatic carbocycles. The molecular formula is C13H17BrClN. The van der Waals surface area contributed by atoms with Crippen molar-refractivity contribution in [1.82, 2.24) is 5.32 Å². The first-order valence-corrected chi connectivity index (χ1v) is 7.00. The second-order valence-corrected chi connectivity index (χ2v) is 5.74. The van der Waals surface area contributed by atoms with E-state index in [1.54, 1.807) is 0 Å². The summed E-state index contributed by atoms with van der Waals surface area (Å²) in [4.78, 5) is 0. The van der Waals surface area contributed by atoms with Gasteiger partial charge in [0.05, 0.1) is 5.02 Å². The van der Waals surface area contributed by atoms with Crippen LogP contribution in [-0.4, -0.2) is 7.05 Å². The summed E-state index contributed by atoms with van der Waals surface area (Å²) in [6.07, 6.45) is 5.33. The minimum absolute atomic E-state index is 0.380. The Morgan fingerprint density at radius 2 is 2.25 bits per heavy atom. The Hall–Kier alpha value is -0.0500. The van der Waals surface area contributed by atoms with Gasteiger partial charge >= 0.3 is 0 Å². The van der Waals surface area contributed by atoms with Gasteiger partial charge in [-0.1, -0.05) is 36.6 Å². The van der Waals surface area contributed by atoms with Gasteiger partial charge in [0.15, 0.2) is 0 Å². The maximum atomic E-state index is 6.31. The lowest BCUT2D eigenvalue weighted by atomic mass is 10.0. The van der Waals surface area contributed by atoms with Gasteiger partial charge in [-0.15, -0.1) is 0 Å². The predicted molar refractivity (Wildman–Crippen MR) is 72.9 cm³/mol. The van der Waals surface area contributed by atoms with Crippen LogP contribution in [0.5, 0.6) is 0 Å². The topological polar surface area (TPSA) is 12.0 Å². The Balaban J connectivity index is 2.08. The molecule has 1 saturated carbocycles. The fourth-order valence-corrected chi connectivity index (χ4v) is 2.69. The van der Waals surface area contributed by atoms with Gasteiger partial charge in [0, 0.05) is 10.5 Å². The van der Waals surface area contributed by atoms with Crippen LogP contribution in [0, 0.1) is 5.92 Å². The average molecular weight is 303 g/mol. The van der Waals surface area contributed by atoms with Crippen LogP contribution in [0.3, 0.4) is 0 Å². The molecule has 0 aromatic heterocycles. The summed E-state index contributed by atoms with van der Waals surface area (Å²) in [5.41, 5.74) is 1.21. The van der Waals surface area contributed by atoms with E-state index < -0.39 is 0 Å². The van der Waals surface area contributed by atoms with Crippen molar-refractivity contribution in [1.29, 1.82) is 0 Å². The van der Waals surface area contributed by atoms with Gasteiger partial charge in [0.2, 0.25) is 0 Å². The Morgan fingerprint density at radius 1 is 1.50 bits per heavy atom. The molecule has 1 N–H and O–H groups in total. The van der Waals surface area contributed by atoms with Gasteiger partial charge in [-0.2, -0.15) is 0 Å². The first kappa shape index (κ1) is 12.4. The summed E-state index contributed by atoms with van der Waals surface area (Å²) in [6, 6.07) is 6.53. The van der Waals surface area contributed by atoms with Crippen LogP contribution in [0.25, 0.3) is 0 Å². The lowest BCUT2D eigenvalue weighted by Gasteiger charge is -2.18. The van der Waals surface area contributed by atoms with Crippen molar-refractivity contribution in [2.75, 3.05) is 7.05 Å². The van der Waals surface area contributed by atoms with Crippen molar-refractivity contribution in [3.8, 4) is 0 Å². The molecule has 1 nitrogen and oxygen atoms in total. The summed E-state index contributed by atoms with van der Waals surface area (Å²) < 4.78 is 0.985. The highest BCUT2D eigenvalue weighted by atomic mass is 79.9. The van der Waals surface area contributed by atoms with Crippen molar-refractivity contribution in [2.24, 2.45) is 5.92 Å². The first-order chi connectivity index (χ1) is 7.72. The van der Waals surface area contributed by atoms with E-state index in [0.717, 1.165) is 15.4 Å². The zero-order chi connectivity index (χ0) is 11.5. The highest BCUT2D eigenvalue weighted by Gasteiger charge is 2.23. The third-order valence-corrected chi connectivity index (χ3v) is 4.58. The number of rotatable bonds is 5. The number of halogens is 2. The molecule has 88 valence electrons. The molecule has 1 aromatic rings. The SMILES string of the molecule is CNC(CCC1CC1)c1cccc(Br)c1Cl. The molecule has 1 aliphatic carbocycles. The molecule has 1 fully saturated rings. The maximum Gasteiger partial charge on any atom is 0.0595 e. The standard InChI is InChI=1S/C13H17BrClN/c1-16-12(8-7-9-5-6-9)10-3-2-4-11(14)13(10)15/h2-4,9,12,16H,5-8H2,1H3. The summed E-state index contributed by atoms with van der Waals surface area (Å²) in [5, 5.41) is 4.21. The number of hydrogen-bond acceptors (Lipinski definition) is 1. The average Bonchev–Trinajstić information content (AvgIpc) is 3.08. The van der Waals surface area contributed by atoms with Crippen molar-refractivity contribution < 1.29 is 0 Å². The smallest absolute Gasteiger partial charge is 0.0595 e. The molecule has 0 radical (unpaired) electrons. The zero-order valence-electron chi connectivity index (χ0n) is 9.47. The molecule has 0 bridgehead atoms. The highest BCUT2D eigenvalue weighted by molar-refractivity contribution is 9.10. The second-order valence-electron chi connectivity index (χ2n) is 4.51. The predicted octanol–water partition coefficient (Wildman–Crippen LogP) is 4.55. The number of nitrogens with one attached hydrogen (secondary N) is 1. The summed E-state index contributed by atoms with van der Waals surface area (Å²) in [6.45, 7) is 0. The lowest BCUT2D eigenvalue weighted by molar-refractivity contribution is 0.506. The van der Waals surface area contributed by atoms with E-state index in [9.17, 15) is 0 Å². The third kappa shape index (κ3) is 2.99. The molecule has 1 atom stereocenters. The van der Waals surface area contributed by atoms with E-state index in [1.165, 1.54) is 31.2 Å². The zero-order valence-corrected chi connectivity index (χ0v) is 11.8. The molecule has 16 heavy (non-hydrogen) atoms. The van der Waals surface area contributed by atoms with Gasteiger partial charge in [-0.3, -0.25) is 0 Å². The largest absolute Gasteiger partial charge is 0.313 e. The van der Waals surface area contributed by atoms with Crippen molar-refractivity contribution >= 4 is 27.5 Å². The van der Waals surface area contributed by atoms with Crippen molar-refractivity contribution in [2.45, 2.75) is 31.7 Å². The Bertz CT molecular complexity index is 363. The normalized spacial score (nSPS) is 17.4. The summed E-state index contributed by atoms with van der Waals surface area (Å²) >= 11 is 9.79. The second kappa shape index (κ2) is 5.52. The van der Waals surface area contributed by atoms with E-state index >= 15 is 0 Å². The molecule has 1 aliphatic rings. The number of benzene rings is 1. The van der Waals surface area contributed by atoms with Crippen LogP contribution >= 0.6 is 27.5 Å². The Morgan fingerprint density at radius 3 is 2.88 bits per heavy atom. The first-order valence-electron chi connectivity index (χ1n) is 5.83. The quantitative estimate of drug-likeness (QED) is 0.841. The van der Waals surface area contributed by atoms with E-state index in [0.29, 0.717) is 6.04 Å². The summed E-state index contributed by atoms with van der Waals surface area (Å²) in [7, 11) is 2.01. The van der Waals surface area contributed by atoms with Crippen LogP contribution in [-0.2, 0) is 0 Å². The van der Waals surface area contributed by atoms with Crippen molar-refractivity contribution in [3.63, 3.8) is 0 Å². The van der Waals surface area contributed by atoms with E-state index in [-0.39, 0.29) is 0 Å². The highest BCUT2D eigenvalue weighted by Crippen LogP contribution is 2.38. The Kier molecular flexibility index (Phi) is 4.28. The molecule has 3 heteroatoms. The third-order valence-electron chi connectivity index (χ3n) is 3.27. The fourth-order valence-electron chi connectivity index (χ4n) is 2.05. The van der Waals surface area contributed by atoms with Crippen LogP contribution in [0.1, 0.15) is 37.3 Å². The van der Waals surface area contributed by atoms with Crippen LogP contribution < -0.4 is 5.32 Å². The van der Waals surface area contributed by atoms with Crippen LogP contribution in [0.15, 0.2) is 22.7 Å². The molecule has 2 rings (SSSR count). The maximum absolute atomic E-state index is 6.31. The molecule has 0 spiro atoms. The molecule has 1 unspecified atom stereocenters. The van der Waals surface area contributed by atoms with Gasteiger partial charge < -0.3 is 5.32 Å². The van der Waals surface area contributed by atoms with Gasteiger partial charge in [-0.25, -0.2) is 0 Å². The number of hydrogen-bond donors (Lipinski definition) is 1. The molecule has 0 heterocycles. The van der Waals surface area contributed by atoms with Crippen molar-refractivity contribution in [3.05, 3.63) is 33.3 Å². The van der Waals surface area contributed by atoms with E-state index in [2.05, 4.69) is 27.3 Å². The molecule has 0 aliphatic heterocycles. The van der Waals surface area contributed by atoms with E-state index in [1.807, 2.05) is 19.2 Å². The van der Waals surface area contributed by atoms with Crippen LogP contribution in [0.2, 0.25) is 5.02 Å².